The van der Waals surface area contributed by atoms with Gasteiger partial charge in [0.1, 0.15) is 11.7 Å². The van der Waals surface area contributed by atoms with Gasteiger partial charge in [-0.25, -0.2) is 13.2 Å². The van der Waals surface area contributed by atoms with Crippen LogP contribution in [0, 0.1) is 0 Å². The monoisotopic (exact) mass is 208 g/mol. The second-order valence-electron chi connectivity index (χ2n) is 2.74. The summed E-state index contributed by atoms with van der Waals surface area (Å²) in [5.41, 5.74) is -0.325. The van der Waals surface area contributed by atoms with Crippen molar-refractivity contribution in [3.8, 4) is 0 Å². The summed E-state index contributed by atoms with van der Waals surface area (Å²) in [4.78, 5) is 0. The van der Waals surface area contributed by atoms with Gasteiger partial charge in [0.25, 0.3) is 0 Å². The second-order valence-corrected chi connectivity index (χ2v) is 2.74. The summed E-state index contributed by atoms with van der Waals surface area (Å²) >= 11 is 0. The molecule has 14 heavy (non-hydrogen) atoms. The molecule has 0 aliphatic rings. The summed E-state index contributed by atoms with van der Waals surface area (Å²) in [6.07, 6.45) is -0.0564. The Hall–Kier alpha value is -0.770. The van der Waals surface area contributed by atoms with Gasteiger partial charge in [-0.05, 0) is 12.8 Å². The Balaban J connectivity index is 5.03. The first-order valence-electron chi connectivity index (χ1n) is 4.49. The van der Waals surface area contributed by atoms with Crippen molar-refractivity contribution in [2.24, 2.45) is 0 Å². The van der Waals surface area contributed by atoms with Crippen molar-refractivity contribution in [1.82, 2.24) is 0 Å². The minimum absolute atomic E-state index is 0.0309. The van der Waals surface area contributed by atoms with E-state index >= 15 is 0 Å². The predicted molar refractivity (Wildman–Crippen MR) is 49.8 cm³/mol. The van der Waals surface area contributed by atoms with Gasteiger partial charge in [0.05, 0.1) is 6.61 Å². The first-order chi connectivity index (χ1) is 6.58. The quantitative estimate of drug-likeness (QED) is 0.624. The third-order valence-corrected chi connectivity index (χ3v) is 1.74. The molecule has 0 rings (SSSR count). The lowest BCUT2D eigenvalue weighted by Gasteiger charge is -2.06. The summed E-state index contributed by atoms with van der Waals surface area (Å²) in [5, 5.41) is 0. The van der Waals surface area contributed by atoms with Gasteiger partial charge in [0, 0.05) is 12.7 Å². The fourth-order valence-corrected chi connectivity index (χ4v) is 0.937. The zero-order valence-electron chi connectivity index (χ0n) is 8.66. The summed E-state index contributed by atoms with van der Waals surface area (Å²) in [5.74, 6) is -2.75. The van der Waals surface area contributed by atoms with Gasteiger partial charge < -0.3 is 4.74 Å². The van der Waals surface area contributed by atoms with Crippen molar-refractivity contribution >= 4 is 0 Å². The van der Waals surface area contributed by atoms with Gasteiger partial charge in [-0.1, -0.05) is 13.8 Å². The van der Waals surface area contributed by atoms with Crippen molar-refractivity contribution in [2.45, 2.75) is 26.7 Å². The average molecular weight is 208 g/mol. The number of allylic oxidation sites excluding steroid dienone is 2. The fourth-order valence-electron chi connectivity index (χ4n) is 0.937. The Labute approximate surface area is 82.3 Å². The molecular formula is C10H15F3O. The molecule has 0 amide bonds. The van der Waals surface area contributed by atoms with Gasteiger partial charge in [0.15, 0.2) is 5.83 Å². The fraction of sp³-hybridized carbons (Fsp3) is 0.600. The maximum atomic E-state index is 13.2. The number of rotatable bonds is 5. The molecule has 0 saturated carbocycles. The van der Waals surface area contributed by atoms with Crippen LogP contribution in [-0.4, -0.2) is 13.7 Å². The molecular weight excluding hydrogens is 193 g/mol. The summed E-state index contributed by atoms with van der Waals surface area (Å²) < 4.78 is 43.7. The molecule has 0 spiro atoms. The lowest BCUT2D eigenvalue weighted by atomic mass is 10.1. The summed E-state index contributed by atoms with van der Waals surface area (Å²) in [6, 6.07) is 0. The standard InChI is InChI=1S/C10H15F3O/c1-4-8(11)7(6-14-3)10(13)9(12)5-2/h4-6H2,1-3H3/b8-7+,10-9-. The largest absolute Gasteiger partial charge is 0.380 e. The van der Waals surface area contributed by atoms with Crippen LogP contribution in [0.5, 0.6) is 0 Å². The second kappa shape index (κ2) is 6.65. The third-order valence-electron chi connectivity index (χ3n) is 1.74. The Morgan fingerprint density at radius 1 is 1.00 bits per heavy atom. The lowest BCUT2D eigenvalue weighted by Crippen LogP contribution is -1.99. The van der Waals surface area contributed by atoms with E-state index in [-0.39, 0.29) is 25.0 Å². The van der Waals surface area contributed by atoms with E-state index in [1.165, 1.54) is 21.0 Å². The van der Waals surface area contributed by atoms with E-state index in [9.17, 15) is 13.2 Å². The maximum absolute atomic E-state index is 13.2. The minimum Gasteiger partial charge on any atom is -0.380 e. The molecule has 0 fully saturated rings. The van der Waals surface area contributed by atoms with Crippen LogP contribution in [0.1, 0.15) is 26.7 Å². The number of hydrogen-bond acceptors (Lipinski definition) is 1. The molecule has 0 aromatic carbocycles. The Morgan fingerprint density at radius 2 is 1.50 bits per heavy atom. The minimum atomic E-state index is -1.13. The van der Waals surface area contributed by atoms with Crippen LogP contribution in [0.4, 0.5) is 13.2 Å². The van der Waals surface area contributed by atoms with Crippen molar-refractivity contribution in [2.75, 3.05) is 13.7 Å². The highest BCUT2D eigenvalue weighted by molar-refractivity contribution is 5.30. The van der Waals surface area contributed by atoms with Gasteiger partial charge in [-0.15, -0.1) is 0 Å². The Morgan fingerprint density at radius 3 is 1.86 bits per heavy atom. The predicted octanol–water partition coefficient (Wildman–Crippen LogP) is 3.83. The van der Waals surface area contributed by atoms with E-state index in [0.717, 1.165) is 0 Å². The molecule has 0 bridgehead atoms. The molecule has 82 valence electrons. The zero-order valence-corrected chi connectivity index (χ0v) is 8.66. The molecule has 4 heteroatoms. The molecule has 0 heterocycles. The molecule has 0 aromatic rings. The molecule has 0 atom stereocenters. The van der Waals surface area contributed by atoms with Gasteiger partial charge in [-0.3, -0.25) is 0 Å². The topological polar surface area (TPSA) is 9.23 Å². The highest BCUT2D eigenvalue weighted by atomic mass is 19.2. The van der Waals surface area contributed by atoms with E-state index in [1.807, 2.05) is 0 Å². The van der Waals surface area contributed by atoms with Crippen LogP contribution in [0.2, 0.25) is 0 Å². The lowest BCUT2D eigenvalue weighted by molar-refractivity contribution is 0.220. The van der Waals surface area contributed by atoms with Crippen LogP contribution in [0.15, 0.2) is 23.1 Å². The highest BCUT2D eigenvalue weighted by Crippen LogP contribution is 2.25. The van der Waals surface area contributed by atoms with Crippen LogP contribution in [0.3, 0.4) is 0 Å². The van der Waals surface area contributed by atoms with Crippen molar-refractivity contribution in [1.29, 1.82) is 0 Å². The van der Waals surface area contributed by atoms with Crippen molar-refractivity contribution in [3.63, 3.8) is 0 Å². The van der Waals surface area contributed by atoms with E-state index in [1.54, 1.807) is 0 Å². The average Bonchev–Trinajstić information content (AvgIpc) is 2.22. The first-order valence-corrected chi connectivity index (χ1v) is 4.49. The van der Waals surface area contributed by atoms with Crippen LogP contribution in [-0.2, 0) is 4.74 Å². The summed E-state index contributed by atoms with van der Waals surface area (Å²) in [7, 11) is 1.31. The molecule has 0 unspecified atom stereocenters. The zero-order chi connectivity index (χ0) is 11.1. The van der Waals surface area contributed by atoms with E-state index in [4.69, 9.17) is 0 Å². The maximum Gasteiger partial charge on any atom is 0.162 e. The number of halogens is 3. The van der Waals surface area contributed by atoms with Crippen LogP contribution in [0.25, 0.3) is 0 Å². The molecule has 0 saturated heterocycles. The Kier molecular flexibility index (Phi) is 6.28. The SMILES string of the molecule is CC/C(F)=C(F)\C(COC)=C(\F)CC. The molecule has 0 aliphatic carbocycles. The summed E-state index contributed by atoms with van der Waals surface area (Å²) in [6.45, 7) is 2.74. The van der Waals surface area contributed by atoms with Gasteiger partial charge >= 0.3 is 0 Å². The van der Waals surface area contributed by atoms with Crippen molar-refractivity contribution in [3.05, 3.63) is 23.1 Å². The molecule has 1 nitrogen and oxygen atoms in total. The number of hydrogen-bond donors (Lipinski definition) is 0. The van der Waals surface area contributed by atoms with E-state index in [0.29, 0.717) is 0 Å². The highest BCUT2D eigenvalue weighted by Gasteiger charge is 2.15. The number of ether oxygens (including phenoxy) is 1. The van der Waals surface area contributed by atoms with Gasteiger partial charge in [-0.2, -0.15) is 0 Å². The van der Waals surface area contributed by atoms with Gasteiger partial charge in [0.2, 0.25) is 0 Å². The molecule has 0 radical (unpaired) electrons. The Bertz CT molecular complexity index is 244. The normalized spacial score (nSPS) is 15.0. The molecule has 0 aromatic heterocycles. The smallest absolute Gasteiger partial charge is 0.162 e. The van der Waals surface area contributed by atoms with Crippen molar-refractivity contribution < 1.29 is 17.9 Å². The number of methoxy groups -OCH3 is 1. The first kappa shape index (κ1) is 13.2. The molecule has 0 N–H and O–H groups in total. The van der Waals surface area contributed by atoms with E-state index < -0.39 is 17.5 Å². The van der Waals surface area contributed by atoms with Crippen LogP contribution < -0.4 is 0 Å². The van der Waals surface area contributed by atoms with E-state index in [2.05, 4.69) is 4.74 Å². The van der Waals surface area contributed by atoms with Crippen LogP contribution >= 0.6 is 0 Å². The molecule has 0 aliphatic heterocycles. The third kappa shape index (κ3) is 3.54.